The van der Waals surface area contributed by atoms with Gasteiger partial charge in [-0.2, -0.15) is 0 Å². The van der Waals surface area contributed by atoms with Gasteiger partial charge < -0.3 is 30.6 Å². The van der Waals surface area contributed by atoms with Crippen molar-refractivity contribution >= 4 is 29.7 Å². The molecule has 3 aliphatic heterocycles. The first-order valence-electron chi connectivity index (χ1n) is 10.8. The topological polar surface area (TPSA) is 162 Å². The molecule has 11 heteroatoms. The summed E-state index contributed by atoms with van der Waals surface area (Å²) in [6.45, 7) is 1.10. The Bertz CT molecular complexity index is 758. The number of carbonyl (C=O) groups excluding carboxylic acids is 3. The molecule has 0 aromatic heterocycles. The molecule has 0 aromatic carbocycles. The Morgan fingerprint density at radius 2 is 1.23 bits per heavy atom. The zero-order chi connectivity index (χ0) is 22.7. The molecule has 3 heterocycles. The second kappa shape index (κ2) is 9.63. The second-order valence-corrected chi connectivity index (χ2v) is 8.45. The molecular formula is C20H30N4O7. The van der Waals surface area contributed by atoms with E-state index in [0.29, 0.717) is 58.2 Å². The number of amides is 3. The molecule has 4 unspecified atom stereocenters. The molecule has 4 N–H and O–H groups in total. The van der Waals surface area contributed by atoms with E-state index in [1.54, 1.807) is 0 Å². The molecule has 0 spiro atoms. The van der Waals surface area contributed by atoms with Crippen LogP contribution in [-0.4, -0.2) is 98.4 Å². The van der Waals surface area contributed by atoms with Crippen molar-refractivity contribution < 1.29 is 34.2 Å². The lowest BCUT2D eigenvalue weighted by Crippen LogP contribution is -2.56. The first-order valence-corrected chi connectivity index (χ1v) is 10.8. The fourth-order valence-corrected chi connectivity index (χ4v) is 4.86. The summed E-state index contributed by atoms with van der Waals surface area (Å²) in [6, 6.07) is -3.31. The van der Waals surface area contributed by atoms with Crippen LogP contribution >= 0.6 is 0 Å². The lowest BCUT2D eigenvalue weighted by molar-refractivity contribution is -0.153. The van der Waals surface area contributed by atoms with E-state index < -0.39 is 42.0 Å². The summed E-state index contributed by atoms with van der Waals surface area (Å²) >= 11 is 0. The van der Waals surface area contributed by atoms with E-state index in [9.17, 15) is 29.1 Å². The van der Waals surface area contributed by atoms with Gasteiger partial charge in [-0.3, -0.25) is 19.2 Å². The Balaban J connectivity index is 1.69. The number of carboxylic acids is 2. The van der Waals surface area contributed by atoms with Crippen LogP contribution in [0.3, 0.4) is 0 Å². The first kappa shape index (κ1) is 23.0. The molecule has 4 atom stereocenters. The molecule has 3 amide bonds. The van der Waals surface area contributed by atoms with Crippen molar-refractivity contribution in [3.63, 3.8) is 0 Å². The number of carbonyl (C=O) groups is 5. The van der Waals surface area contributed by atoms with Gasteiger partial charge in [-0.05, 0) is 44.9 Å². The molecule has 3 fully saturated rings. The minimum Gasteiger partial charge on any atom is -0.481 e. The van der Waals surface area contributed by atoms with E-state index in [2.05, 4.69) is 0 Å². The Morgan fingerprint density at radius 3 is 1.74 bits per heavy atom. The van der Waals surface area contributed by atoms with Gasteiger partial charge in [0.15, 0.2) is 0 Å². The molecule has 11 nitrogen and oxygen atoms in total. The highest BCUT2D eigenvalue weighted by molar-refractivity contribution is 5.95. The highest BCUT2D eigenvalue weighted by Gasteiger charge is 2.45. The third-order valence-corrected chi connectivity index (χ3v) is 6.45. The van der Waals surface area contributed by atoms with Crippen molar-refractivity contribution in [2.45, 2.75) is 75.5 Å². The number of rotatable bonds is 7. The Labute approximate surface area is 180 Å². The van der Waals surface area contributed by atoms with Gasteiger partial charge in [0.05, 0.1) is 6.04 Å². The average molecular weight is 438 g/mol. The lowest BCUT2D eigenvalue weighted by Gasteiger charge is -2.34. The van der Waals surface area contributed by atoms with E-state index in [-0.39, 0.29) is 24.7 Å². The number of hydrogen-bond donors (Lipinski definition) is 3. The van der Waals surface area contributed by atoms with Crippen molar-refractivity contribution in [1.29, 1.82) is 0 Å². The summed E-state index contributed by atoms with van der Waals surface area (Å²) in [6.07, 6.45) is 2.94. The van der Waals surface area contributed by atoms with Gasteiger partial charge in [-0.25, -0.2) is 4.79 Å². The summed E-state index contributed by atoms with van der Waals surface area (Å²) < 4.78 is 0. The zero-order valence-electron chi connectivity index (χ0n) is 17.4. The minimum absolute atomic E-state index is 0.0120. The molecule has 0 bridgehead atoms. The van der Waals surface area contributed by atoms with Crippen LogP contribution in [0.1, 0.15) is 51.4 Å². The molecule has 31 heavy (non-hydrogen) atoms. The molecule has 0 aromatic rings. The van der Waals surface area contributed by atoms with Crippen molar-refractivity contribution in [3.8, 4) is 0 Å². The average Bonchev–Trinajstić information content (AvgIpc) is 3.49. The maximum Gasteiger partial charge on any atom is 0.326 e. The number of likely N-dealkylation sites (tertiary alicyclic amines) is 3. The summed E-state index contributed by atoms with van der Waals surface area (Å²) in [5.41, 5.74) is 5.87. The number of hydrogen-bond acceptors (Lipinski definition) is 6. The Kier molecular flexibility index (Phi) is 7.14. The lowest BCUT2D eigenvalue weighted by atomic mass is 10.1. The van der Waals surface area contributed by atoms with Crippen LogP contribution in [0.4, 0.5) is 0 Å². The van der Waals surface area contributed by atoms with Gasteiger partial charge in [-0.15, -0.1) is 0 Å². The van der Waals surface area contributed by atoms with Crippen molar-refractivity contribution in [2.24, 2.45) is 5.73 Å². The quantitative estimate of drug-likeness (QED) is 0.467. The smallest absolute Gasteiger partial charge is 0.326 e. The second-order valence-electron chi connectivity index (χ2n) is 8.45. The molecule has 0 radical (unpaired) electrons. The number of aliphatic carboxylic acids is 2. The van der Waals surface area contributed by atoms with Crippen LogP contribution in [-0.2, 0) is 24.0 Å². The molecule has 3 saturated heterocycles. The summed E-state index contributed by atoms with van der Waals surface area (Å²) in [5.74, 6) is -3.20. The van der Waals surface area contributed by atoms with E-state index in [1.807, 2.05) is 0 Å². The summed E-state index contributed by atoms with van der Waals surface area (Å²) in [7, 11) is 0. The Hall–Kier alpha value is -2.69. The Morgan fingerprint density at radius 1 is 0.774 bits per heavy atom. The van der Waals surface area contributed by atoms with Crippen LogP contribution in [0.2, 0.25) is 0 Å². The van der Waals surface area contributed by atoms with Crippen molar-refractivity contribution in [1.82, 2.24) is 14.7 Å². The monoisotopic (exact) mass is 438 g/mol. The zero-order valence-corrected chi connectivity index (χ0v) is 17.4. The molecule has 0 saturated carbocycles. The third kappa shape index (κ3) is 4.81. The van der Waals surface area contributed by atoms with Gasteiger partial charge in [0.25, 0.3) is 0 Å². The van der Waals surface area contributed by atoms with Gasteiger partial charge in [0.2, 0.25) is 17.7 Å². The van der Waals surface area contributed by atoms with Crippen LogP contribution in [0, 0.1) is 0 Å². The van der Waals surface area contributed by atoms with Crippen molar-refractivity contribution in [3.05, 3.63) is 0 Å². The van der Waals surface area contributed by atoms with Gasteiger partial charge >= 0.3 is 11.9 Å². The molecular weight excluding hydrogens is 408 g/mol. The minimum atomic E-state index is -1.04. The third-order valence-electron chi connectivity index (χ3n) is 6.45. The van der Waals surface area contributed by atoms with Gasteiger partial charge in [0, 0.05) is 26.1 Å². The fraction of sp³-hybridized carbons (Fsp3) is 0.750. The highest BCUT2D eigenvalue weighted by atomic mass is 16.4. The fourth-order valence-electron chi connectivity index (χ4n) is 4.86. The summed E-state index contributed by atoms with van der Waals surface area (Å²) in [5, 5.41) is 18.2. The first-order chi connectivity index (χ1) is 14.7. The molecule has 3 aliphatic rings. The van der Waals surface area contributed by atoms with E-state index >= 15 is 0 Å². The van der Waals surface area contributed by atoms with E-state index in [4.69, 9.17) is 10.8 Å². The number of nitrogens with two attached hydrogens (primary N) is 1. The predicted molar refractivity (Wildman–Crippen MR) is 107 cm³/mol. The standard InChI is InChI=1S/C20H30N4O7/c21-12(7-8-16(25)26)17(27)22-9-1-4-13(22)18(28)23-10-2-5-14(23)19(29)24-11-3-6-15(24)20(30)31/h12-15H,1-11,21H2,(H,25,26)(H,30,31). The highest BCUT2D eigenvalue weighted by Crippen LogP contribution is 2.28. The van der Waals surface area contributed by atoms with E-state index in [0.717, 1.165) is 0 Å². The van der Waals surface area contributed by atoms with Crippen LogP contribution in [0.25, 0.3) is 0 Å². The van der Waals surface area contributed by atoms with Crippen LogP contribution in [0.15, 0.2) is 0 Å². The normalized spacial score (nSPS) is 26.9. The van der Waals surface area contributed by atoms with Crippen molar-refractivity contribution in [2.75, 3.05) is 19.6 Å². The van der Waals surface area contributed by atoms with E-state index in [1.165, 1.54) is 14.7 Å². The number of nitrogens with zero attached hydrogens (tertiary/aromatic N) is 3. The van der Waals surface area contributed by atoms with Crippen LogP contribution in [0.5, 0.6) is 0 Å². The van der Waals surface area contributed by atoms with Gasteiger partial charge in [-0.1, -0.05) is 0 Å². The molecule has 0 aliphatic carbocycles. The SMILES string of the molecule is NC(CCC(=O)O)C(=O)N1CCCC1C(=O)N1CCCC1C(=O)N1CCCC1C(=O)O. The van der Waals surface area contributed by atoms with Crippen LogP contribution < -0.4 is 5.73 Å². The predicted octanol–water partition coefficient (Wildman–Crippen LogP) is -0.764. The maximum atomic E-state index is 13.3. The molecule has 3 rings (SSSR count). The maximum absolute atomic E-state index is 13.3. The van der Waals surface area contributed by atoms with Gasteiger partial charge in [0.1, 0.15) is 18.1 Å². The largest absolute Gasteiger partial charge is 0.481 e. The molecule has 172 valence electrons. The number of carboxylic acid groups (broad SMARTS) is 2. The summed E-state index contributed by atoms with van der Waals surface area (Å²) in [4.78, 5) is 65.6.